The molecular weight excluding hydrogens is 258 g/mol. The van der Waals surface area contributed by atoms with Gasteiger partial charge in [-0.15, -0.1) is 0 Å². The molecule has 0 radical (unpaired) electrons. The number of rotatable bonds is 4. The number of Topliss-reactive ketones (excluding diaryl/α,β-unsaturated/α-hetero) is 1. The highest BCUT2D eigenvalue weighted by atomic mass is 16.4. The fourth-order valence-electron chi connectivity index (χ4n) is 3.44. The van der Waals surface area contributed by atoms with E-state index in [2.05, 4.69) is 0 Å². The monoisotopic (exact) mass is 280 g/mol. The molecule has 0 bridgehead atoms. The Hall–Kier alpha value is -1.39. The molecule has 0 aromatic heterocycles. The number of aliphatic carboxylic acids is 1. The third-order valence-electron chi connectivity index (χ3n) is 4.77. The van der Waals surface area contributed by atoms with Crippen LogP contribution in [0.25, 0.3) is 0 Å². The van der Waals surface area contributed by atoms with Crippen LogP contribution in [-0.2, 0) is 14.4 Å². The number of carbonyl (C=O) groups is 3. The van der Waals surface area contributed by atoms with Crippen molar-refractivity contribution in [1.29, 1.82) is 0 Å². The van der Waals surface area contributed by atoms with Crippen molar-refractivity contribution in [3.8, 4) is 0 Å². The molecule has 20 heavy (non-hydrogen) atoms. The standard InChI is InChI=1S/C15H23NO4/c1-10(11-6-3-2-4-7-11)13(17)14(18)16-9-5-8-12(16)15(19)20/h10-12H,2-9H2,1H3,(H,19,20)/p-1. The van der Waals surface area contributed by atoms with E-state index in [1.807, 2.05) is 0 Å². The number of carbonyl (C=O) groups excluding carboxylic acids is 3. The second kappa shape index (κ2) is 6.37. The molecule has 1 saturated heterocycles. The van der Waals surface area contributed by atoms with Crippen LogP contribution in [0.15, 0.2) is 0 Å². The lowest BCUT2D eigenvalue weighted by atomic mass is 9.79. The van der Waals surface area contributed by atoms with E-state index in [1.54, 1.807) is 6.92 Å². The van der Waals surface area contributed by atoms with Crippen LogP contribution in [0.3, 0.4) is 0 Å². The average Bonchev–Trinajstić information content (AvgIpc) is 2.95. The van der Waals surface area contributed by atoms with E-state index in [-0.39, 0.29) is 11.8 Å². The summed E-state index contributed by atoms with van der Waals surface area (Å²) in [6.07, 6.45) is 6.41. The first-order chi connectivity index (χ1) is 9.52. The molecule has 1 amide bonds. The number of hydrogen-bond acceptors (Lipinski definition) is 4. The number of amides is 1. The van der Waals surface area contributed by atoms with Gasteiger partial charge in [0.2, 0.25) is 5.78 Å². The largest absolute Gasteiger partial charge is 0.548 e. The first-order valence-corrected chi connectivity index (χ1v) is 7.58. The Labute approximate surface area is 119 Å². The maximum absolute atomic E-state index is 12.3. The summed E-state index contributed by atoms with van der Waals surface area (Å²) in [6.45, 7) is 2.15. The third-order valence-corrected chi connectivity index (χ3v) is 4.77. The van der Waals surface area contributed by atoms with E-state index in [0.717, 1.165) is 25.7 Å². The van der Waals surface area contributed by atoms with Crippen LogP contribution in [0.1, 0.15) is 51.9 Å². The zero-order chi connectivity index (χ0) is 14.7. The summed E-state index contributed by atoms with van der Waals surface area (Å²) in [6, 6.07) is -0.926. The third kappa shape index (κ3) is 3.02. The van der Waals surface area contributed by atoms with Crippen molar-refractivity contribution in [2.24, 2.45) is 11.8 Å². The van der Waals surface area contributed by atoms with Gasteiger partial charge in [-0.25, -0.2) is 0 Å². The van der Waals surface area contributed by atoms with Crippen molar-refractivity contribution in [2.75, 3.05) is 6.54 Å². The van der Waals surface area contributed by atoms with Crippen LogP contribution in [-0.4, -0.2) is 35.1 Å². The van der Waals surface area contributed by atoms with Crippen molar-refractivity contribution in [3.05, 3.63) is 0 Å². The highest BCUT2D eigenvalue weighted by Gasteiger charge is 2.37. The van der Waals surface area contributed by atoms with Gasteiger partial charge < -0.3 is 14.8 Å². The molecule has 2 unspecified atom stereocenters. The highest BCUT2D eigenvalue weighted by molar-refractivity contribution is 6.37. The van der Waals surface area contributed by atoms with Crippen LogP contribution in [0.5, 0.6) is 0 Å². The molecular formula is C15H22NO4-. The Kier molecular flexibility index (Phi) is 4.78. The van der Waals surface area contributed by atoms with Crippen molar-refractivity contribution in [1.82, 2.24) is 4.90 Å². The zero-order valence-electron chi connectivity index (χ0n) is 12.0. The Bertz CT molecular complexity index is 401. The molecule has 2 atom stereocenters. The van der Waals surface area contributed by atoms with Gasteiger partial charge in [-0.2, -0.15) is 0 Å². The van der Waals surface area contributed by atoms with Crippen molar-refractivity contribution >= 4 is 17.7 Å². The predicted octanol–water partition coefficient (Wildman–Crippen LogP) is 0.513. The second-order valence-corrected chi connectivity index (χ2v) is 6.03. The van der Waals surface area contributed by atoms with E-state index in [1.165, 1.54) is 11.3 Å². The Morgan fingerprint density at radius 3 is 2.30 bits per heavy atom. The molecule has 1 aliphatic heterocycles. The van der Waals surface area contributed by atoms with E-state index in [9.17, 15) is 19.5 Å². The van der Waals surface area contributed by atoms with Crippen molar-refractivity contribution in [3.63, 3.8) is 0 Å². The van der Waals surface area contributed by atoms with Crippen molar-refractivity contribution < 1.29 is 19.5 Å². The molecule has 0 spiro atoms. The molecule has 5 nitrogen and oxygen atoms in total. The van der Waals surface area contributed by atoms with Crippen molar-refractivity contribution in [2.45, 2.75) is 57.9 Å². The number of carboxylic acids is 1. The highest BCUT2D eigenvalue weighted by Crippen LogP contribution is 2.31. The summed E-state index contributed by atoms with van der Waals surface area (Å²) in [4.78, 5) is 36.7. The molecule has 1 aliphatic carbocycles. The summed E-state index contributed by atoms with van der Waals surface area (Å²) >= 11 is 0. The van der Waals surface area contributed by atoms with E-state index >= 15 is 0 Å². The number of hydrogen-bond donors (Lipinski definition) is 0. The van der Waals surface area contributed by atoms with E-state index in [4.69, 9.17) is 0 Å². The molecule has 2 fully saturated rings. The number of carboxylic acid groups (broad SMARTS) is 1. The molecule has 2 rings (SSSR count). The van der Waals surface area contributed by atoms with Gasteiger partial charge in [0.05, 0.1) is 12.0 Å². The van der Waals surface area contributed by atoms with Gasteiger partial charge in [0, 0.05) is 12.5 Å². The predicted molar refractivity (Wildman–Crippen MR) is 70.5 cm³/mol. The van der Waals surface area contributed by atoms with Crippen LogP contribution in [0.4, 0.5) is 0 Å². The molecule has 1 saturated carbocycles. The van der Waals surface area contributed by atoms with Crippen LogP contribution in [0, 0.1) is 11.8 Å². The molecule has 0 N–H and O–H groups in total. The summed E-state index contributed by atoms with van der Waals surface area (Å²) in [5.74, 6) is -2.34. The van der Waals surface area contributed by atoms with Gasteiger partial charge in [-0.3, -0.25) is 9.59 Å². The fraction of sp³-hybridized carbons (Fsp3) is 0.800. The molecule has 1 heterocycles. The lowest BCUT2D eigenvalue weighted by Crippen LogP contribution is -2.50. The van der Waals surface area contributed by atoms with Gasteiger partial charge in [-0.05, 0) is 31.6 Å². The summed E-state index contributed by atoms with van der Waals surface area (Å²) in [5.41, 5.74) is 0. The topological polar surface area (TPSA) is 77.5 Å². The lowest BCUT2D eigenvalue weighted by molar-refractivity contribution is -0.310. The second-order valence-electron chi connectivity index (χ2n) is 6.03. The molecule has 2 aliphatic rings. The van der Waals surface area contributed by atoms with E-state index < -0.39 is 23.7 Å². The maximum atomic E-state index is 12.3. The first-order valence-electron chi connectivity index (χ1n) is 7.58. The van der Waals surface area contributed by atoms with Gasteiger partial charge in [0.15, 0.2) is 0 Å². The van der Waals surface area contributed by atoms with Gasteiger partial charge >= 0.3 is 0 Å². The zero-order valence-corrected chi connectivity index (χ0v) is 12.0. The minimum absolute atomic E-state index is 0.268. The van der Waals surface area contributed by atoms with Gasteiger partial charge in [-0.1, -0.05) is 26.2 Å². The average molecular weight is 280 g/mol. The van der Waals surface area contributed by atoms with Crippen LogP contribution >= 0.6 is 0 Å². The minimum atomic E-state index is -1.26. The van der Waals surface area contributed by atoms with Gasteiger partial charge in [0.1, 0.15) is 0 Å². The fourth-order valence-corrected chi connectivity index (χ4v) is 3.44. The number of ketones is 1. The van der Waals surface area contributed by atoms with Crippen LogP contribution < -0.4 is 5.11 Å². The Morgan fingerprint density at radius 2 is 1.70 bits per heavy atom. The lowest BCUT2D eigenvalue weighted by Gasteiger charge is -2.29. The molecule has 0 aromatic carbocycles. The SMILES string of the molecule is CC(C(=O)C(=O)N1CCCC1C(=O)[O-])C1CCCCC1. The molecule has 112 valence electrons. The first kappa shape index (κ1) is 15.0. The number of likely N-dealkylation sites (tertiary alicyclic amines) is 1. The maximum Gasteiger partial charge on any atom is 0.290 e. The normalized spacial score (nSPS) is 25.4. The smallest absolute Gasteiger partial charge is 0.290 e. The minimum Gasteiger partial charge on any atom is -0.548 e. The quantitative estimate of drug-likeness (QED) is 0.703. The van der Waals surface area contributed by atoms with Crippen LogP contribution in [0.2, 0.25) is 0 Å². The molecule has 5 heteroatoms. The molecule has 0 aromatic rings. The Balaban J connectivity index is 2.00. The van der Waals surface area contributed by atoms with E-state index in [0.29, 0.717) is 19.4 Å². The van der Waals surface area contributed by atoms with Gasteiger partial charge in [0.25, 0.3) is 5.91 Å². The summed E-state index contributed by atoms with van der Waals surface area (Å²) < 4.78 is 0. The number of nitrogens with zero attached hydrogens (tertiary/aromatic N) is 1. The summed E-state index contributed by atoms with van der Waals surface area (Å²) in [7, 11) is 0. The summed E-state index contributed by atoms with van der Waals surface area (Å²) in [5, 5.41) is 11.0. The Morgan fingerprint density at radius 1 is 1.05 bits per heavy atom.